The predicted molar refractivity (Wildman–Crippen MR) is 151 cm³/mol. The molecule has 0 radical (unpaired) electrons. The number of hydrogen-bond acceptors (Lipinski definition) is 9. The van der Waals surface area contributed by atoms with Crippen LogP contribution in [0.3, 0.4) is 0 Å². The zero-order chi connectivity index (χ0) is 28.0. The number of sulfonamides is 1. The Morgan fingerprint density at radius 3 is 2.25 bits per heavy atom. The van der Waals surface area contributed by atoms with E-state index >= 15 is 0 Å². The summed E-state index contributed by atoms with van der Waals surface area (Å²) in [6, 6.07) is 14.5. The minimum absolute atomic E-state index is 0.0503. The molecule has 5 rings (SSSR count). The van der Waals surface area contributed by atoms with Gasteiger partial charge in [0.1, 0.15) is 18.0 Å². The van der Waals surface area contributed by atoms with E-state index in [4.69, 9.17) is 0 Å². The minimum Gasteiger partial charge on any atom is -0.340 e. The van der Waals surface area contributed by atoms with Crippen LogP contribution in [0.4, 0.5) is 27.5 Å². The van der Waals surface area contributed by atoms with E-state index in [-0.39, 0.29) is 16.8 Å². The summed E-state index contributed by atoms with van der Waals surface area (Å²) in [5, 5.41) is 9.72. The fraction of sp³-hybridized carbons (Fsp3) is 0.286. The van der Waals surface area contributed by atoms with Crippen molar-refractivity contribution in [2.45, 2.75) is 49.2 Å². The van der Waals surface area contributed by atoms with Gasteiger partial charge in [0.2, 0.25) is 16.0 Å². The highest BCUT2D eigenvalue weighted by Gasteiger charge is 2.31. The van der Waals surface area contributed by atoms with Gasteiger partial charge in [-0.2, -0.15) is 9.29 Å². The van der Waals surface area contributed by atoms with Crippen molar-refractivity contribution in [1.82, 2.24) is 29.6 Å². The number of hydrogen-bond donors (Lipinski definition) is 3. The summed E-state index contributed by atoms with van der Waals surface area (Å²) < 4.78 is 41.4. The van der Waals surface area contributed by atoms with Crippen molar-refractivity contribution in [3.63, 3.8) is 0 Å². The SMILES string of the molecule is CN(C1CCC(NCc2cncnc2)CC1)S(=O)(=O)c1ccc(Nc2nccc(Nc3ccc(F)cc3)n2)cc1. The molecule has 12 heteroatoms. The molecular weight excluding hydrogens is 531 g/mol. The second-order valence-corrected chi connectivity index (χ2v) is 11.7. The first-order chi connectivity index (χ1) is 19.4. The van der Waals surface area contributed by atoms with Crippen LogP contribution in [0.25, 0.3) is 0 Å². The Kier molecular flexibility index (Phi) is 8.58. The molecule has 1 aliphatic rings. The van der Waals surface area contributed by atoms with E-state index in [1.807, 2.05) is 0 Å². The maximum absolute atomic E-state index is 13.4. The highest BCUT2D eigenvalue weighted by Crippen LogP contribution is 2.28. The zero-order valence-electron chi connectivity index (χ0n) is 22.0. The maximum Gasteiger partial charge on any atom is 0.243 e. The molecule has 0 amide bonds. The third-order valence-corrected chi connectivity index (χ3v) is 8.90. The van der Waals surface area contributed by atoms with Gasteiger partial charge in [0.05, 0.1) is 4.90 Å². The van der Waals surface area contributed by atoms with Gasteiger partial charge in [-0.25, -0.2) is 27.8 Å². The van der Waals surface area contributed by atoms with Gasteiger partial charge in [-0.05, 0) is 80.3 Å². The molecule has 2 aromatic heterocycles. The van der Waals surface area contributed by atoms with Crippen molar-refractivity contribution < 1.29 is 12.8 Å². The van der Waals surface area contributed by atoms with E-state index in [1.54, 1.807) is 68.1 Å². The molecular formula is C28H31FN8O2S. The molecule has 0 bridgehead atoms. The Bertz CT molecular complexity index is 1500. The quantitative estimate of drug-likeness (QED) is 0.254. The van der Waals surface area contributed by atoms with Gasteiger partial charge in [0, 0.05) is 61.2 Å². The van der Waals surface area contributed by atoms with Crippen LogP contribution in [0.1, 0.15) is 31.2 Å². The van der Waals surface area contributed by atoms with Crippen LogP contribution in [-0.4, -0.2) is 51.8 Å². The summed E-state index contributed by atoms with van der Waals surface area (Å²) in [4.78, 5) is 17.0. The minimum atomic E-state index is -3.64. The zero-order valence-corrected chi connectivity index (χ0v) is 22.9. The Hall–Kier alpha value is -4.00. The van der Waals surface area contributed by atoms with Gasteiger partial charge >= 0.3 is 0 Å². The van der Waals surface area contributed by atoms with Crippen LogP contribution in [0.2, 0.25) is 0 Å². The number of rotatable bonds is 10. The van der Waals surface area contributed by atoms with Crippen molar-refractivity contribution in [2.75, 3.05) is 17.7 Å². The van der Waals surface area contributed by atoms with Gasteiger partial charge in [-0.1, -0.05) is 0 Å². The van der Waals surface area contributed by atoms with E-state index in [0.717, 1.165) is 31.2 Å². The highest BCUT2D eigenvalue weighted by atomic mass is 32.2. The van der Waals surface area contributed by atoms with Crippen LogP contribution >= 0.6 is 0 Å². The monoisotopic (exact) mass is 562 g/mol. The number of nitrogens with one attached hydrogen (secondary N) is 3. The Balaban J connectivity index is 1.15. The number of aromatic nitrogens is 4. The molecule has 0 spiro atoms. The average molecular weight is 563 g/mol. The molecule has 2 aromatic carbocycles. The molecule has 3 N–H and O–H groups in total. The molecule has 208 valence electrons. The summed E-state index contributed by atoms with van der Waals surface area (Å²) >= 11 is 0. The average Bonchev–Trinajstić information content (AvgIpc) is 2.98. The third kappa shape index (κ3) is 6.95. The van der Waals surface area contributed by atoms with Crippen molar-refractivity contribution in [2.24, 2.45) is 0 Å². The fourth-order valence-corrected chi connectivity index (χ4v) is 6.11. The summed E-state index contributed by atoms with van der Waals surface area (Å²) in [5.41, 5.74) is 2.37. The lowest BCUT2D eigenvalue weighted by molar-refractivity contribution is 0.248. The lowest BCUT2D eigenvalue weighted by Gasteiger charge is -2.34. The Morgan fingerprint density at radius 1 is 0.900 bits per heavy atom. The van der Waals surface area contributed by atoms with E-state index in [2.05, 4.69) is 35.9 Å². The van der Waals surface area contributed by atoms with Gasteiger partial charge in [-0.15, -0.1) is 0 Å². The fourth-order valence-electron chi connectivity index (χ4n) is 4.70. The van der Waals surface area contributed by atoms with Crippen molar-refractivity contribution in [3.05, 3.63) is 90.9 Å². The lowest BCUT2D eigenvalue weighted by Crippen LogP contribution is -2.43. The summed E-state index contributed by atoms with van der Waals surface area (Å²) in [7, 11) is -1.98. The molecule has 1 aliphatic carbocycles. The second kappa shape index (κ2) is 12.5. The van der Waals surface area contributed by atoms with E-state index < -0.39 is 10.0 Å². The van der Waals surface area contributed by atoms with Crippen LogP contribution in [-0.2, 0) is 16.6 Å². The molecule has 0 atom stereocenters. The standard InChI is InChI=1S/C28H31FN8O2S/c1-37(25-10-6-22(7-11-25)33-18-20-16-30-19-31-17-20)40(38,39)26-12-8-24(9-13-26)35-28-32-15-14-27(36-28)34-23-4-2-21(29)3-5-23/h2-5,8-9,12-17,19,22,25,33H,6-7,10-11,18H2,1H3,(H2,32,34,35,36). The molecule has 0 aliphatic heterocycles. The number of nitrogens with zero attached hydrogens (tertiary/aromatic N) is 5. The normalized spacial score (nSPS) is 17.5. The maximum atomic E-state index is 13.4. The van der Waals surface area contributed by atoms with E-state index in [0.29, 0.717) is 35.7 Å². The van der Waals surface area contributed by atoms with Crippen LogP contribution in [0, 0.1) is 5.82 Å². The Labute approximate surface area is 233 Å². The van der Waals surface area contributed by atoms with Crippen LogP contribution in [0.15, 0.2) is 84.4 Å². The predicted octanol–water partition coefficient (Wildman–Crippen LogP) is 4.61. The molecule has 1 saturated carbocycles. The first-order valence-electron chi connectivity index (χ1n) is 13.0. The molecule has 10 nitrogen and oxygen atoms in total. The molecule has 0 saturated heterocycles. The summed E-state index contributed by atoms with van der Waals surface area (Å²) in [6.07, 6.45) is 10.1. The lowest BCUT2D eigenvalue weighted by atomic mass is 9.91. The first-order valence-corrected chi connectivity index (χ1v) is 14.5. The van der Waals surface area contributed by atoms with Gasteiger partial charge in [0.15, 0.2) is 0 Å². The third-order valence-electron chi connectivity index (χ3n) is 6.98. The van der Waals surface area contributed by atoms with Gasteiger partial charge in [0.25, 0.3) is 0 Å². The highest BCUT2D eigenvalue weighted by molar-refractivity contribution is 7.89. The molecule has 40 heavy (non-hydrogen) atoms. The molecule has 1 fully saturated rings. The number of benzene rings is 2. The smallest absolute Gasteiger partial charge is 0.243 e. The number of halogens is 1. The van der Waals surface area contributed by atoms with Gasteiger partial charge < -0.3 is 16.0 Å². The van der Waals surface area contributed by atoms with Crippen molar-refractivity contribution in [1.29, 1.82) is 0 Å². The van der Waals surface area contributed by atoms with Crippen LogP contribution < -0.4 is 16.0 Å². The largest absolute Gasteiger partial charge is 0.340 e. The van der Waals surface area contributed by atoms with Crippen molar-refractivity contribution >= 4 is 33.2 Å². The first kappa shape index (κ1) is 27.6. The molecule has 2 heterocycles. The Morgan fingerprint density at radius 2 is 1.55 bits per heavy atom. The topological polar surface area (TPSA) is 125 Å². The van der Waals surface area contributed by atoms with E-state index in [9.17, 15) is 12.8 Å². The van der Waals surface area contributed by atoms with Crippen molar-refractivity contribution in [3.8, 4) is 0 Å². The van der Waals surface area contributed by atoms with E-state index in [1.165, 1.54) is 22.8 Å². The summed E-state index contributed by atoms with van der Waals surface area (Å²) in [5.74, 6) is 0.552. The van der Waals surface area contributed by atoms with Gasteiger partial charge in [-0.3, -0.25) is 0 Å². The molecule has 0 unspecified atom stereocenters. The van der Waals surface area contributed by atoms with Crippen LogP contribution in [0.5, 0.6) is 0 Å². The summed E-state index contributed by atoms with van der Waals surface area (Å²) in [6.45, 7) is 0.699. The second-order valence-electron chi connectivity index (χ2n) is 9.70. The number of anilines is 4. The molecule has 4 aromatic rings.